The van der Waals surface area contributed by atoms with Crippen LogP contribution in [0.5, 0.6) is 0 Å². The first kappa shape index (κ1) is 10.0. The first-order valence-corrected chi connectivity index (χ1v) is 6.12. The minimum Gasteiger partial charge on any atom is -0.143 e. The average molecular weight is 225 g/mol. The summed E-state index contributed by atoms with van der Waals surface area (Å²) in [5, 5.41) is 3.62. The maximum atomic E-state index is 6.37. The van der Waals surface area contributed by atoms with Gasteiger partial charge in [0, 0.05) is 4.70 Å². The third-order valence-corrected chi connectivity index (χ3v) is 4.11. The van der Waals surface area contributed by atoms with Gasteiger partial charge in [-0.2, -0.15) is 0 Å². The van der Waals surface area contributed by atoms with E-state index in [0.717, 1.165) is 0 Å². The van der Waals surface area contributed by atoms with Crippen molar-refractivity contribution in [3.8, 4) is 0 Å². The minimum atomic E-state index is 0.131. The van der Waals surface area contributed by atoms with Gasteiger partial charge in [-0.25, -0.2) is 0 Å². The summed E-state index contributed by atoms with van der Waals surface area (Å²) in [6, 6.07) is 8.44. The van der Waals surface area contributed by atoms with Crippen LogP contribution in [-0.4, -0.2) is 0 Å². The van der Waals surface area contributed by atoms with E-state index in [1.54, 1.807) is 11.3 Å². The van der Waals surface area contributed by atoms with Crippen LogP contribution < -0.4 is 0 Å². The summed E-state index contributed by atoms with van der Waals surface area (Å²) in [4.78, 5) is 0. The SMILES string of the molecule is CC(C)C(Cl)c1csc2ccccc12. The fourth-order valence-corrected chi connectivity index (χ4v) is 2.82. The van der Waals surface area contributed by atoms with Crippen molar-refractivity contribution < 1.29 is 0 Å². The molecular formula is C12H13ClS. The predicted molar refractivity (Wildman–Crippen MR) is 65.3 cm³/mol. The van der Waals surface area contributed by atoms with Crippen molar-refractivity contribution in [2.45, 2.75) is 19.2 Å². The molecule has 0 saturated heterocycles. The minimum absolute atomic E-state index is 0.131. The normalized spacial score (nSPS) is 13.7. The molecule has 1 unspecified atom stereocenters. The maximum absolute atomic E-state index is 6.37. The van der Waals surface area contributed by atoms with E-state index in [2.05, 4.69) is 43.5 Å². The van der Waals surface area contributed by atoms with Gasteiger partial charge in [0.25, 0.3) is 0 Å². The van der Waals surface area contributed by atoms with Crippen molar-refractivity contribution >= 4 is 33.0 Å². The van der Waals surface area contributed by atoms with Crippen molar-refractivity contribution in [2.75, 3.05) is 0 Å². The molecule has 0 aliphatic heterocycles. The Morgan fingerprint density at radius 3 is 2.64 bits per heavy atom. The molecular weight excluding hydrogens is 212 g/mol. The second kappa shape index (κ2) is 3.92. The zero-order valence-corrected chi connectivity index (χ0v) is 9.90. The Bertz CT molecular complexity index is 431. The van der Waals surface area contributed by atoms with Crippen molar-refractivity contribution in [3.05, 3.63) is 35.2 Å². The number of hydrogen-bond acceptors (Lipinski definition) is 1. The highest BCUT2D eigenvalue weighted by Crippen LogP contribution is 2.37. The Labute approximate surface area is 93.5 Å². The third kappa shape index (κ3) is 1.67. The lowest BCUT2D eigenvalue weighted by molar-refractivity contribution is 0.628. The van der Waals surface area contributed by atoms with Gasteiger partial charge in [0.1, 0.15) is 0 Å². The molecule has 0 fully saturated rings. The van der Waals surface area contributed by atoms with Crippen molar-refractivity contribution in [3.63, 3.8) is 0 Å². The molecule has 0 aliphatic carbocycles. The monoisotopic (exact) mass is 224 g/mol. The van der Waals surface area contributed by atoms with Crippen molar-refractivity contribution in [1.82, 2.24) is 0 Å². The summed E-state index contributed by atoms with van der Waals surface area (Å²) in [7, 11) is 0. The molecule has 2 aromatic rings. The van der Waals surface area contributed by atoms with Gasteiger partial charge >= 0.3 is 0 Å². The predicted octanol–water partition coefficient (Wildman–Crippen LogP) is 4.84. The van der Waals surface area contributed by atoms with Gasteiger partial charge in [0.15, 0.2) is 0 Å². The van der Waals surface area contributed by atoms with Gasteiger partial charge in [0.05, 0.1) is 5.38 Å². The van der Waals surface area contributed by atoms with Gasteiger partial charge in [-0.15, -0.1) is 22.9 Å². The maximum Gasteiger partial charge on any atom is 0.0622 e. The highest BCUT2D eigenvalue weighted by Gasteiger charge is 2.15. The number of alkyl halides is 1. The second-order valence-electron chi connectivity index (χ2n) is 3.83. The van der Waals surface area contributed by atoms with Crippen LogP contribution in [0.4, 0.5) is 0 Å². The topological polar surface area (TPSA) is 0 Å². The Morgan fingerprint density at radius 2 is 1.93 bits per heavy atom. The van der Waals surface area contributed by atoms with E-state index < -0.39 is 0 Å². The number of fused-ring (bicyclic) bond motifs is 1. The quantitative estimate of drug-likeness (QED) is 0.641. The molecule has 2 rings (SSSR count). The smallest absolute Gasteiger partial charge is 0.0622 e. The summed E-state index contributed by atoms with van der Waals surface area (Å²) in [5.74, 6) is 0.481. The summed E-state index contributed by atoms with van der Waals surface area (Å²) in [5.41, 5.74) is 1.28. The van der Waals surface area contributed by atoms with Crippen LogP contribution in [0.3, 0.4) is 0 Å². The molecule has 0 amide bonds. The fourth-order valence-electron chi connectivity index (χ4n) is 1.57. The van der Waals surface area contributed by atoms with E-state index in [4.69, 9.17) is 11.6 Å². The summed E-state index contributed by atoms with van der Waals surface area (Å²) < 4.78 is 1.33. The van der Waals surface area contributed by atoms with Crippen molar-refractivity contribution in [1.29, 1.82) is 0 Å². The molecule has 0 N–H and O–H groups in total. The van der Waals surface area contributed by atoms with E-state index in [0.29, 0.717) is 5.92 Å². The van der Waals surface area contributed by atoms with Crippen LogP contribution in [0.2, 0.25) is 0 Å². The van der Waals surface area contributed by atoms with E-state index in [9.17, 15) is 0 Å². The summed E-state index contributed by atoms with van der Waals surface area (Å²) in [6.45, 7) is 4.31. The summed E-state index contributed by atoms with van der Waals surface area (Å²) >= 11 is 8.14. The first-order chi connectivity index (χ1) is 6.70. The van der Waals surface area contributed by atoms with E-state index >= 15 is 0 Å². The molecule has 0 radical (unpaired) electrons. The average Bonchev–Trinajstić information content (AvgIpc) is 2.60. The Kier molecular flexibility index (Phi) is 2.80. The molecule has 0 saturated carbocycles. The number of thiophene rings is 1. The van der Waals surface area contributed by atoms with Gasteiger partial charge in [-0.1, -0.05) is 32.0 Å². The number of halogens is 1. The number of benzene rings is 1. The first-order valence-electron chi connectivity index (χ1n) is 4.80. The van der Waals surface area contributed by atoms with Crippen LogP contribution in [0.25, 0.3) is 10.1 Å². The highest BCUT2D eigenvalue weighted by atomic mass is 35.5. The van der Waals surface area contributed by atoms with Crippen molar-refractivity contribution in [2.24, 2.45) is 5.92 Å². The van der Waals surface area contributed by atoms with Gasteiger partial charge in [-0.05, 0) is 28.3 Å². The zero-order valence-electron chi connectivity index (χ0n) is 8.33. The molecule has 74 valence electrons. The standard InChI is InChI=1S/C12H13ClS/c1-8(2)12(13)10-7-14-11-6-4-3-5-9(10)11/h3-8,12H,1-2H3. The number of rotatable bonds is 2. The molecule has 1 aromatic carbocycles. The van der Waals surface area contributed by atoms with Gasteiger partial charge in [-0.3, -0.25) is 0 Å². The molecule has 0 aliphatic rings. The molecule has 1 aromatic heterocycles. The molecule has 0 nitrogen and oxygen atoms in total. The molecule has 0 bridgehead atoms. The zero-order chi connectivity index (χ0) is 10.1. The van der Waals surface area contributed by atoms with E-state index in [-0.39, 0.29) is 5.38 Å². The largest absolute Gasteiger partial charge is 0.143 e. The van der Waals surface area contributed by atoms with Crippen LogP contribution in [0, 0.1) is 5.92 Å². The molecule has 1 atom stereocenters. The van der Waals surface area contributed by atoms with Gasteiger partial charge in [0.2, 0.25) is 0 Å². The van der Waals surface area contributed by atoms with E-state index in [1.807, 2.05) is 0 Å². The molecule has 2 heteroatoms. The fraction of sp³-hybridized carbons (Fsp3) is 0.333. The Hall–Kier alpha value is -0.530. The molecule has 0 spiro atoms. The summed E-state index contributed by atoms with van der Waals surface area (Å²) in [6.07, 6.45) is 0. The van der Waals surface area contributed by atoms with Gasteiger partial charge < -0.3 is 0 Å². The lowest BCUT2D eigenvalue weighted by atomic mass is 10.0. The van der Waals surface area contributed by atoms with E-state index in [1.165, 1.54) is 15.6 Å². The Balaban J connectivity index is 2.53. The van der Waals surface area contributed by atoms with Crippen LogP contribution in [0.15, 0.2) is 29.6 Å². The third-order valence-electron chi connectivity index (χ3n) is 2.39. The lowest BCUT2D eigenvalue weighted by Gasteiger charge is -2.12. The lowest BCUT2D eigenvalue weighted by Crippen LogP contribution is -1.97. The second-order valence-corrected chi connectivity index (χ2v) is 5.21. The Morgan fingerprint density at radius 1 is 1.21 bits per heavy atom. The number of hydrogen-bond donors (Lipinski definition) is 0. The van der Waals surface area contributed by atoms with Crippen LogP contribution in [-0.2, 0) is 0 Å². The van der Waals surface area contributed by atoms with Crippen LogP contribution in [0.1, 0.15) is 24.8 Å². The molecule has 1 heterocycles. The van der Waals surface area contributed by atoms with Crippen LogP contribution >= 0.6 is 22.9 Å². The molecule has 14 heavy (non-hydrogen) atoms. The highest BCUT2D eigenvalue weighted by molar-refractivity contribution is 7.17.